The van der Waals surface area contributed by atoms with E-state index in [4.69, 9.17) is 16.3 Å². The van der Waals surface area contributed by atoms with Gasteiger partial charge in [-0.05, 0) is 48.0 Å². The molecule has 0 aliphatic carbocycles. The van der Waals surface area contributed by atoms with Crippen LogP contribution in [0.4, 0.5) is 10.1 Å². The van der Waals surface area contributed by atoms with Gasteiger partial charge in [-0.1, -0.05) is 35.9 Å². The SMILES string of the molecule is CC(=O)Oc1cccc(C(=O)Nc2ccc(CNC(=O)c3c(F)cccc3Cl)cc2)c1. The lowest BCUT2D eigenvalue weighted by Crippen LogP contribution is -2.24. The molecule has 0 fully saturated rings. The highest BCUT2D eigenvalue weighted by Gasteiger charge is 2.15. The van der Waals surface area contributed by atoms with Gasteiger partial charge in [0.05, 0.1) is 10.6 Å². The van der Waals surface area contributed by atoms with Crippen molar-refractivity contribution in [2.24, 2.45) is 0 Å². The minimum Gasteiger partial charge on any atom is -0.427 e. The highest BCUT2D eigenvalue weighted by Crippen LogP contribution is 2.19. The van der Waals surface area contributed by atoms with Gasteiger partial charge in [0.15, 0.2) is 0 Å². The molecule has 3 rings (SSSR count). The fourth-order valence-corrected chi connectivity index (χ4v) is 3.01. The Morgan fingerprint density at radius 3 is 2.35 bits per heavy atom. The Hall–Kier alpha value is -3.71. The van der Waals surface area contributed by atoms with Crippen LogP contribution >= 0.6 is 11.6 Å². The highest BCUT2D eigenvalue weighted by atomic mass is 35.5. The standard InChI is InChI=1S/C23H18ClFN2O4/c1-14(28)31-18-5-2-4-16(12-18)22(29)27-17-10-8-15(9-11-17)13-26-23(30)21-19(24)6-3-7-20(21)25/h2-12H,13H2,1H3,(H,26,30)(H,27,29). The molecule has 2 N–H and O–H groups in total. The number of carbonyl (C=O) groups is 3. The van der Waals surface area contributed by atoms with Crippen molar-refractivity contribution >= 4 is 35.1 Å². The lowest BCUT2D eigenvalue weighted by Gasteiger charge is -2.10. The van der Waals surface area contributed by atoms with Gasteiger partial charge in [-0.2, -0.15) is 0 Å². The van der Waals surface area contributed by atoms with E-state index in [1.807, 2.05) is 0 Å². The zero-order valence-corrected chi connectivity index (χ0v) is 17.2. The maximum Gasteiger partial charge on any atom is 0.308 e. The van der Waals surface area contributed by atoms with E-state index in [1.165, 1.54) is 31.2 Å². The smallest absolute Gasteiger partial charge is 0.308 e. The summed E-state index contributed by atoms with van der Waals surface area (Å²) in [4.78, 5) is 35.7. The van der Waals surface area contributed by atoms with Crippen LogP contribution in [-0.2, 0) is 11.3 Å². The summed E-state index contributed by atoms with van der Waals surface area (Å²) in [5, 5.41) is 5.39. The summed E-state index contributed by atoms with van der Waals surface area (Å²) in [6.07, 6.45) is 0. The minimum absolute atomic E-state index is 0.0355. The van der Waals surface area contributed by atoms with Crippen molar-refractivity contribution in [3.8, 4) is 5.75 Å². The average Bonchev–Trinajstić information content (AvgIpc) is 2.73. The molecule has 158 valence electrons. The fraction of sp³-hybridized carbons (Fsp3) is 0.0870. The molecule has 0 bridgehead atoms. The molecule has 0 aliphatic heterocycles. The number of nitrogens with one attached hydrogen (secondary N) is 2. The third kappa shape index (κ3) is 5.90. The molecule has 0 unspecified atom stereocenters. The molecule has 8 heteroatoms. The first-order chi connectivity index (χ1) is 14.8. The second-order valence-electron chi connectivity index (χ2n) is 6.55. The number of amides is 2. The highest BCUT2D eigenvalue weighted by molar-refractivity contribution is 6.33. The van der Waals surface area contributed by atoms with Crippen LogP contribution in [0.5, 0.6) is 5.75 Å². The van der Waals surface area contributed by atoms with Crippen LogP contribution in [0.25, 0.3) is 0 Å². The normalized spacial score (nSPS) is 10.3. The summed E-state index contributed by atoms with van der Waals surface area (Å²) in [7, 11) is 0. The number of ether oxygens (including phenoxy) is 1. The lowest BCUT2D eigenvalue weighted by atomic mass is 10.1. The van der Waals surface area contributed by atoms with Gasteiger partial charge < -0.3 is 15.4 Å². The van der Waals surface area contributed by atoms with Crippen molar-refractivity contribution < 1.29 is 23.5 Å². The molecular formula is C23H18ClFN2O4. The molecule has 0 aromatic heterocycles. The van der Waals surface area contributed by atoms with E-state index in [0.29, 0.717) is 11.3 Å². The van der Waals surface area contributed by atoms with E-state index in [1.54, 1.807) is 42.5 Å². The number of halogens is 2. The summed E-state index contributed by atoms with van der Waals surface area (Å²) in [6, 6.07) is 17.1. The summed E-state index contributed by atoms with van der Waals surface area (Å²) in [5.41, 5.74) is 1.41. The van der Waals surface area contributed by atoms with Gasteiger partial charge in [-0.25, -0.2) is 4.39 Å². The van der Waals surface area contributed by atoms with E-state index in [0.717, 1.165) is 5.56 Å². The molecule has 3 aromatic rings. The lowest BCUT2D eigenvalue weighted by molar-refractivity contribution is -0.131. The third-order valence-corrected chi connectivity index (χ3v) is 4.53. The Kier molecular flexibility index (Phi) is 6.99. The maximum atomic E-state index is 13.8. The molecule has 0 heterocycles. The van der Waals surface area contributed by atoms with Crippen LogP contribution in [0.2, 0.25) is 5.02 Å². The average molecular weight is 441 g/mol. The summed E-state index contributed by atoms with van der Waals surface area (Å²) in [6.45, 7) is 1.43. The quantitative estimate of drug-likeness (QED) is 0.434. The van der Waals surface area contributed by atoms with Gasteiger partial charge in [0.2, 0.25) is 0 Å². The van der Waals surface area contributed by atoms with Gasteiger partial charge in [-0.3, -0.25) is 14.4 Å². The topological polar surface area (TPSA) is 84.5 Å². The van der Waals surface area contributed by atoms with Gasteiger partial charge >= 0.3 is 5.97 Å². The monoisotopic (exact) mass is 440 g/mol. The zero-order chi connectivity index (χ0) is 22.4. The van der Waals surface area contributed by atoms with Crippen LogP contribution < -0.4 is 15.4 Å². The van der Waals surface area contributed by atoms with Gasteiger partial charge in [-0.15, -0.1) is 0 Å². The van der Waals surface area contributed by atoms with Crippen molar-refractivity contribution in [3.63, 3.8) is 0 Å². The fourth-order valence-electron chi connectivity index (χ4n) is 2.76. The van der Waals surface area contributed by atoms with Gasteiger partial charge in [0.25, 0.3) is 11.8 Å². The van der Waals surface area contributed by atoms with Crippen LogP contribution in [0, 0.1) is 5.82 Å². The predicted octanol–water partition coefficient (Wildman–Crippen LogP) is 4.59. The maximum absolute atomic E-state index is 13.8. The Morgan fingerprint density at radius 1 is 0.968 bits per heavy atom. The van der Waals surface area contributed by atoms with E-state index < -0.39 is 17.7 Å². The summed E-state index contributed by atoms with van der Waals surface area (Å²) in [5.74, 6) is -1.88. The first kappa shape index (κ1) is 22.0. The molecule has 2 amide bonds. The molecule has 31 heavy (non-hydrogen) atoms. The van der Waals surface area contributed by atoms with Gasteiger partial charge in [0.1, 0.15) is 11.6 Å². The van der Waals surface area contributed by atoms with Crippen molar-refractivity contribution in [2.45, 2.75) is 13.5 Å². The molecule has 3 aromatic carbocycles. The van der Waals surface area contributed by atoms with E-state index in [9.17, 15) is 18.8 Å². The van der Waals surface area contributed by atoms with E-state index >= 15 is 0 Å². The number of carbonyl (C=O) groups excluding carboxylic acids is 3. The zero-order valence-electron chi connectivity index (χ0n) is 16.4. The number of benzene rings is 3. The number of hydrogen-bond acceptors (Lipinski definition) is 4. The van der Waals surface area contributed by atoms with Crippen molar-refractivity contribution in [1.82, 2.24) is 5.32 Å². The summed E-state index contributed by atoms with van der Waals surface area (Å²) >= 11 is 5.89. The molecule has 0 atom stereocenters. The third-order valence-electron chi connectivity index (χ3n) is 4.21. The molecule has 0 aliphatic rings. The first-order valence-corrected chi connectivity index (χ1v) is 9.62. The van der Waals surface area contributed by atoms with Crippen LogP contribution in [-0.4, -0.2) is 17.8 Å². The van der Waals surface area contributed by atoms with Crippen LogP contribution in [0.15, 0.2) is 66.7 Å². The summed E-state index contributed by atoms with van der Waals surface area (Å²) < 4.78 is 18.8. The number of hydrogen-bond donors (Lipinski definition) is 2. The second kappa shape index (κ2) is 9.86. The largest absolute Gasteiger partial charge is 0.427 e. The Bertz CT molecular complexity index is 1110. The molecule has 0 saturated carbocycles. The Balaban J connectivity index is 1.60. The van der Waals surface area contributed by atoms with E-state index in [-0.39, 0.29) is 28.8 Å². The minimum atomic E-state index is -0.694. The van der Waals surface area contributed by atoms with Crippen LogP contribution in [0.3, 0.4) is 0 Å². The first-order valence-electron chi connectivity index (χ1n) is 9.24. The number of rotatable bonds is 6. The van der Waals surface area contributed by atoms with E-state index in [2.05, 4.69) is 10.6 Å². The molecule has 0 saturated heterocycles. The Morgan fingerprint density at radius 2 is 1.68 bits per heavy atom. The molecule has 0 radical (unpaired) electrons. The molecular weight excluding hydrogens is 423 g/mol. The Labute approximate surface area is 183 Å². The van der Waals surface area contributed by atoms with Gasteiger partial charge in [0, 0.05) is 24.7 Å². The number of esters is 1. The molecule has 6 nitrogen and oxygen atoms in total. The number of anilines is 1. The van der Waals surface area contributed by atoms with Crippen molar-refractivity contribution in [2.75, 3.05) is 5.32 Å². The van der Waals surface area contributed by atoms with Crippen molar-refractivity contribution in [1.29, 1.82) is 0 Å². The second-order valence-corrected chi connectivity index (χ2v) is 6.96. The predicted molar refractivity (Wildman–Crippen MR) is 115 cm³/mol. The molecule has 0 spiro atoms. The van der Waals surface area contributed by atoms with Crippen molar-refractivity contribution in [3.05, 3.63) is 94.3 Å². The van der Waals surface area contributed by atoms with Crippen LogP contribution in [0.1, 0.15) is 33.2 Å².